The van der Waals surface area contributed by atoms with Gasteiger partial charge in [-0.25, -0.2) is 4.79 Å². The molecule has 21 heavy (non-hydrogen) atoms. The molecule has 0 amide bonds. The van der Waals surface area contributed by atoms with Gasteiger partial charge in [0.05, 0.1) is 7.11 Å². The SMILES string of the molecule is CCc1c(C(=O)ON2CCCC2)sc2cc(OC)ccc12. The van der Waals surface area contributed by atoms with Crippen LogP contribution in [0.25, 0.3) is 10.1 Å². The van der Waals surface area contributed by atoms with Crippen molar-refractivity contribution in [2.75, 3.05) is 20.2 Å². The fourth-order valence-electron chi connectivity index (χ4n) is 2.71. The molecule has 1 aliphatic heterocycles. The molecule has 0 unspecified atom stereocenters. The molecule has 3 rings (SSSR count). The maximum atomic E-state index is 12.4. The van der Waals surface area contributed by atoms with Crippen molar-refractivity contribution in [1.82, 2.24) is 5.06 Å². The summed E-state index contributed by atoms with van der Waals surface area (Å²) in [5, 5.41) is 2.89. The van der Waals surface area contributed by atoms with Crippen molar-refractivity contribution >= 4 is 27.4 Å². The van der Waals surface area contributed by atoms with E-state index in [0.29, 0.717) is 4.88 Å². The molecule has 2 aromatic rings. The Hall–Kier alpha value is -1.59. The normalized spacial score (nSPS) is 15.5. The Kier molecular flexibility index (Phi) is 4.12. The standard InChI is InChI=1S/C16H19NO3S/c1-3-12-13-7-6-11(19-2)10-14(13)21-15(12)16(18)20-17-8-4-5-9-17/h6-7,10H,3-5,8-9H2,1-2H3. The van der Waals surface area contributed by atoms with Gasteiger partial charge in [0.1, 0.15) is 10.6 Å². The number of hydrogen-bond donors (Lipinski definition) is 0. The zero-order valence-electron chi connectivity index (χ0n) is 12.3. The van der Waals surface area contributed by atoms with Gasteiger partial charge >= 0.3 is 5.97 Å². The van der Waals surface area contributed by atoms with Crippen LogP contribution in [0.15, 0.2) is 18.2 Å². The monoisotopic (exact) mass is 305 g/mol. The lowest BCUT2D eigenvalue weighted by Gasteiger charge is -2.13. The second-order valence-corrected chi connectivity index (χ2v) is 6.19. The van der Waals surface area contributed by atoms with Crippen LogP contribution in [-0.4, -0.2) is 31.2 Å². The number of methoxy groups -OCH3 is 1. The predicted octanol–water partition coefficient (Wildman–Crippen LogP) is 3.64. The number of hydrogen-bond acceptors (Lipinski definition) is 5. The molecule has 1 aromatic carbocycles. The number of fused-ring (bicyclic) bond motifs is 1. The summed E-state index contributed by atoms with van der Waals surface area (Å²) in [6.07, 6.45) is 3.01. The fraction of sp³-hybridized carbons (Fsp3) is 0.438. The Balaban J connectivity index is 1.94. The first-order valence-corrected chi connectivity index (χ1v) is 8.11. The van der Waals surface area contributed by atoms with E-state index in [1.807, 2.05) is 18.2 Å². The van der Waals surface area contributed by atoms with Crippen molar-refractivity contribution in [3.63, 3.8) is 0 Å². The maximum absolute atomic E-state index is 12.4. The van der Waals surface area contributed by atoms with Gasteiger partial charge in [0.2, 0.25) is 0 Å². The van der Waals surface area contributed by atoms with Crippen molar-refractivity contribution in [2.45, 2.75) is 26.2 Å². The number of carbonyl (C=O) groups is 1. The molecule has 0 atom stereocenters. The third-order valence-electron chi connectivity index (χ3n) is 3.82. The van der Waals surface area contributed by atoms with Crippen molar-refractivity contribution < 1.29 is 14.4 Å². The number of aryl methyl sites for hydroxylation is 1. The maximum Gasteiger partial charge on any atom is 0.367 e. The van der Waals surface area contributed by atoms with Gasteiger partial charge in [-0.3, -0.25) is 0 Å². The quantitative estimate of drug-likeness (QED) is 0.864. The summed E-state index contributed by atoms with van der Waals surface area (Å²) >= 11 is 1.49. The number of nitrogens with zero attached hydrogens (tertiary/aromatic N) is 1. The molecule has 5 heteroatoms. The zero-order valence-corrected chi connectivity index (χ0v) is 13.2. The van der Waals surface area contributed by atoms with Crippen LogP contribution in [0.5, 0.6) is 5.75 Å². The third-order valence-corrected chi connectivity index (χ3v) is 4.99. The second-order valence-electron chi connectivity index (χ2n) is 5.14. The van der Waals surface area contributed by atoms with Crippen LogP contribution in [0, 0.1) is 0 Å². The second kappa shape index (κ2) is 6.03. The molecule has 4 nitrogen and oxygen atoms in total. The molecule has 0 spiro atoms. The number of benzene rings is 1. The Morgan fingerprint density at radius 3 is 2.76 bits per heavy atom. The first-order valence-electron chi connectivity index (χ1n) is 7.29. The number of thiophene rings is 1. The molecule has 1 aliphatic rings. The summed E-state index contributed by atoms with van der Waals surface area (Å²) in [6.45, 7) is 3.75. The molecule has 0 aliphatic carbocycles. The summed E-state index contributed by atoms with van der Waals surface area (Å²) in [6, 6.07) is 5.94. The van der Waals surface area contributed by atoms with Gasteiger partial charge in [0.25, 0.3) is 0 Å². The van der Waals surface area contributed by atoms with Gasteiger partial charge < -0.3 is 9.57 Å². The molecule has 0 saturated carbocycles. The number of ether oxygens (including phenoxy) is 1. The average Bonchev–Trinajstić information content (AvgIpc) is 3.12. The summed E-state index contributed by atoms with van der Waals surface area (Å²) in [7, 11) is 1.65. The Morgan fingerprint density at radius 1 is 1.33 bits per heavy atom. The van der Waals surface area contributed by atoms with Crippen LogP contribution < -0.4 is 4.74 Å². The molecule has 1 fully saturated rings. The first-order chi connectivity index (χ1) is 10.2. The highest BCUT2D eigenvalue weighted by molar-refractivity contribution is 7.21. The van der Waals surface area contributed by atoms with Crippen LogP contribution >= 0.6 is 11.3 Å². The van der Waals surface area contributed by atoms with E-state index < -0.39 is 0 Å². The van der Waals surface area contributed by atoms with Gasteiger partial charge in [-0.15, -0.1) is 16.4 Å². The largest absolute Gasteiger partial charge is 0.497 e. The minimum Gasteiger partial charge on any atom is -0.497 e. The smallest absolute Gasteiger partial charge is 0.367 e. The Labute approximate surface area is 128 Å². The van der Waals surface area contributed by atoms with Crippen molar-refractivity contribution in [2.24, 2.45) is 0 Å². The summed E-state index contributed by atoms with van der Waals surface area (Å²) < 4.78 is 6.32. The van der Waals surface area contributed by atoms with Crippen LogP contribution in [0.3, 0.4) is 0 Å². The minimum absolute atomic E-state index is 0.228. The number of hydroxylamine groups is 2. The first kappa shape index (κ1) is 14.4. The van der Waals surface area contributed by atoms with Gasteiger partial charge in [-0.1, -0.05) is 6.92 Å². The molecular formula is C16H19NO3S. The molecule has 1 saturated heterocycles. The zero-order chi connectivity index (χ0) is 14.8. The van der Waals surface area contributed by atoms with Crippen LogP contribution in [0.4, 0.5) is 0 Å². The molecule has 0 bridgehead atoms. The lowest BCUT2D eigenvalue weighted by atomic mass is 10.1. The van der Waals surface area contributed by atoms with Crippen LogP contribution in [-0.2, 0) is 11.3 Å². The van der Waals surface area contributed by atoms with Crippen LogP contribution in [0.1, 0.15) is 35.0 Å². The molecule has 0 N–H and O–H groups in total. The van der Waals surface area contributed by atoms with Crippen molar-refractivity contribution in [3.8, 4) is 5.75 Å². The van der Waals surface area contributed by atoms with E-state index in [1.54, 1.807) is 12.2 Å². The lowest BCUT2D eigenvalue weighted by molar-refractivity contribution is -0.0924. The third kappa shape index (κ3) is 2.76. The van der Waals surface area contributed by atoms with Gasteiger partial charge in [0.15, 0.2) is 0 Å². The van der Waals surface area contributed by atoms with E-state index in [2.05, 4.69) is 6.92 Å². The van der Waals surface area contributed by atoms with Crippen LogP contribution in [0.2, 0.25) is 0 Å². The Bertz CT molecular complexity index is 659. The molecule has 0 radical (unpaired) electrons. The highest BCUT2D eigenvalue weighted by Gasteiger charge is 2.23. The summed E-state index contributed by atoms with van der Waals surface area (Å²) in [5.41, 5.74) is 1.07. The summed E-state index contributed by atoms with van der Waals surface area (Å²) in [4.78, 5) is 18.6. The fourth-order valence-corrected chi connectivity index (χ4v) is 3.91. The number of rotatable bonds is 4. The molecule has 2 heterocycles. The summed E-state index contributed by atoms with van der Waals surface area (Å²) in [5.74, 6) is 0.583. The van der Waals surface area contributed by atoms with E-state index in [1.165, 1.54) is 11.3 Å². The highest BCUT2D eigenvalue weighted by atomic mass is 32.1. The highest BCUT2D eigenvalue weighted by Crippen LogP contribution is 2.35. The van der Waals surface area contributed by atoms with Crippen molar-refractivity contribution in [1.29, 1.82) is 0 Å². The molecule has 1 aromatic heterocycles. The van der Waals surface area contributed by atoms with E-state index in [-0.39, 0.29) is 5.97 Å². The van der Waals surface area contributed by atoms with Gasteiger partial charge in [-0.05, 0) is 48.4 Å². The average molecular weight is 305 g/mol. The van der Waals surface area contributed by atoms with E-state index in [0.717, 1.165) is 53.8 Å². The van der Waals surface area contributed by atoms with E-state index in [9.17, 15) is 4.79 Å². The van der Waals surface area contributed by atoms with E-state index >= 15 is 0 Å². The van der Waals surface area contributed by atoms with Gasteiger partial charge in [-0.2, -0.15) is 0 Å². The molecular weight excluding hydrogens is 286 g/mol. The van der Waals surface area contributed by atoms with Crippen molar-refractivity contribution in [3.05, 3.63) is 28.6 Å². The molecule has 112 valence electrons. The number of carbonyl (C=O) groups excluding carboxylic acids is 1. The minimum atomic E-state index is -0.228. The van der Waals surface area contributed by atoms with Gasteiger partial charge in [0, 0.05) is 17.8 Å². The van der Waals surface area contributed by atoms with E-state index in [4.69, 9.17) is 9.57 Å². The Morgan fingerprint density at radius 2 is 2.10 bits per heavy atom. The lowest BCUT2D eigenvalue weighted by Crippen LogP contribution is -2.24. The predicted molar refractivity (Wildman–Crippen MR) is 84.0 cm³/mol. The topological polar surface area (TPSA) is 38.8 Å².